The van der Waals surface area contributed by atoms with Crippen molar-refractivity contribution in [3.63, 3.8) is 0 Å². The fourth-order valence-corrected chi connectivity index (χ4v) is 3.09. The summed E-state index contributed by atoms with van der Waals surface area (Å²) >= 11 is 0. The van der Waals surface area contributed by atoms with Crippen LogP contribution in [0.2, 0.25) is 0 Å². The second kappa shape index (κ2) is 7.23. The van der Waals surface area contributed by atoms with E-state index in [1.165, 1.54) is 12.1 Å². The van der Waals surface area contributed by atoms with Crippen molar-refractivity contribution in [3.8, 4) is 5.75 Å². The highest BCUT2D eigenvalue weighted by Crippen LogP contribution is 2.33. The van der Waals surface area contributed by atoms with Gasteiger partial charge in [0.05, 0.1) is 24.1 Å². The third kappa shape index (κ3) is 3.31. The zero-order valence-electron chi connectivity index (χ0n) is 14.7. The van der Waals surface area contributed by atoms with E-state index in [2.05, 4.69) is 14.8 Å². The smallest absolute Gasteiger partial charge is 0.387 e. The second-order valence-corrected chi connectivity index (χ2v) is 5.81. The van der Waals surface area contributed by atoms with Gasteiger partial charge in [0.15, 0.2) is 11.6 Å². The lowest BCUT2D eigenvalue weighted by atomic mass is 10.1. The Bertz CT molecular complexity index is 874. The highest BCUT2D eigenvalue weighted by molar-refractivity contribution is 5.88. The Hall–Kier alpha value is -2.77. The predicted molar refractivity (Wildman–Crippen MR) is 94.2 cm³/mol. The van der Waals surface area contributed by atoms with Crippen LogP contribution in [0.3, 0.4) is 0 Å². The van der Waals surface area contributed by atoms with Crippen LogP contribution < -0.4 is 9.64 Å². The number of nitrogens with zero attached hydrogens (tertiary/aromatic N) is 4. The summed E-state index contributed by atoms with van der Waals surface area (Å²) in [4.78, 5) is 6.08. The molecule has 0 radical (unpaired) electrons. The molecule has 0 unspecified atom stereocenters. The molecule has 0 spiro atoms. The molecule has 0 N–H and O–H groups in total. The van der Waals surface area contributed by atoms with E-state index in [9.17, 15) is 13.2 Å². The van der Waals surface area contributed by atoms with Gasteiger partial charge in [-0.25, -0.2) is 4.39 Å². The molecular weight excluding hydrogens is 345 g/mol. The lowest BCUT2D eigenvalue weighted by Gasteiger charge is -2.28. The topological polar surface area (TPSA) is 42.7 Å². The van der Waals surface area contributed by atoms with E-state index in [4.69, 9.17) is 0 Å². The van der Waals surface area contributed by atoms with E-state index in [1.54, 1.807) is 18.5 Å². The van der Waals surface area contributed by atoms with Gasteiger partial charge in [0.1, 0.15) is 0 Å². The van der Waals surface area contributed by atoms with E-state index in [1.807, 2.05) is 30.4 Å². The molecule has 2 heterocycles. The Kier molecular flexibility index (Phi) is 5.01. The van der Waals surface area contributed by atoms with Crippen LogP contribution in [-0.2, 0) is 6.54 Å². The maximum Gasteiger partial charge on any atom is 0.387 e. The minimum absolute atomic E-state index is 0.427. The van der Waals surface area contributed by atoms with Crippen LogP contribution in [-0.4, -0.2) is 29.2 Å². The lowest BCUT2D eigenvalue weighted by Crippen LogP contribution is -2.26. The van der Waals surface area contributed by atoms with Crippen molar-refractivity contribution >= 4 is 17.6 Å². The zero-order chi connectivity index (χ0) is 18.8. The Morgan fingerprint density at radius 1 is 1.27 bits per heavy atom. The number of alkyl halides is 2. The largest absolute Gasteiger partial charge is 0.432 e. The average molecular weight is 364 g/mol. The molecule has 1 aromatic carbocycles. The number of aromatic nitrogens is 2. The molecule has 0 amide bonds. The maximum atomic E-state index is 14.2. The monoisotopic (exact) mass is 364 g/mol. The van der Waals surface area contributed by atoms with E-state index in [0.717, 1.165) is 29.2 Å². The third-order valence-corrected chi connectivity index (χ3v) is 4.24. The molecule has 0 aliphatic carbocycles. The van der Waals surface area contributed by atoms with Crippen molar-refractivity contribution in [2.24, 2.45) is 4.99 Å². The van der Waals surface area contributed by atoms with Crippen molar-refractivity contribution in [2.45, 2.75) is 33.9 Å². The van der Waals surface area contributed by atoms with Gasteiger partial charge in [-0.05, 0) is 32.9 Å². The molecule has 3 rings (SSSR count). The molecule has 0 saturated heterocycles. The fraction of sp³-hybridized carbons (Fsp3) is 0.333. The van der Waals surface area contributed by atoms with Gasteiger partial charge in [-0.3, -0.25) is 9.67 Å². The molecule has 1 aliphatic heterocycles. The molecule has 0 atom stereocenters. The van der Waals surface area contributed by atoms with Gasteiger partial charge in [0.25, 0.3) is 0 Å². The number of ether oxygens (including phenoxy) is 1. The number of aryl methyl sites for hydroxylation is 2. The van der Waals surface area contributed by atoms with Gasteiger partial charge >= 0.3 is 6.61 Å². The highest BCUT2D eigenvalue weighted by Gasteiger charge is 2.23. The summed E-state index contributed by atoms with van der Waals surface area (Å²) in [6.07, 6.45) is 3.39. The maximum absolute atomic E-state index is 14.2. The average Bonchev–Trinajstić information content (AvgIpc) is 2.90. The summed E-state index contributed by atoms with van der Waals surface area (Å²) in [6.45, 7) is 3.97. The predicted octanol–water partition coefficient (Wildman–Crippen LogP) is 4.15. The van der Waals surface area contributed by atoms with Gasteiger partial charge in [-0.15, -0.1) is 0 Å². The van der Waals surface area contributed by atoms with Crippen LogP contribution in [0.4, 0.5) is 18.9 Å². The molecule has 2 aromatic rings. The van der Waals surface area contributed by atoms with Crippen LogP contribution >= 0.6 is 0 Å². The summed E-state index contributed by atoms with van der Waals surface area (Å²) in [5, 5.41) is 4.52. The van der Waals surface area contributed by atoms with Gasteiger partial charge in [-0.2, -0.15) is 13.9 Å². The standard InChI is InChI=1S/C18H19F3N4O/c1-4-25-12(3)17(11(2)23-25)15-10-22-7-8-24(15)13-5-6-16(14(19)9-13)26-18(20)21/h5-7,9-10,18H,4,8H2,1-3H3. The number of halogens is 3. The van der Waals surface area contributed by atoms with Crippen LogP contribution in [0, 0.1) is 19.7 Å². The van der Waals surface area contributed by atoms with E-state index in [-0.39, 0.29) is 0 Å². The molecule has 1 aromatic heterocycles. The van der Waals surface area contributed by atoms with Crippen LogP contribution in [0.15, 0.2) is 29.4 Å². The number of anilines is 1. The zero-order valence-corrected chi connectivity index (χ0v) is 14.7. The number of hydrogen-bond donors (Lipinski definition) is 0. The van der Waals surface area contributed by atoms with E-state index < -0.39 is 18.2 Å². The first-order valence-electron chi connectivity index (χ1n) is 8.20. The molecule has 138 valence electrons. The van der Waals surface area contributed by atoms with Gasteiger partial charge < -0.3 is 9.64 Å². The molecule has 0 saturated carbocycles. The van der Waals surface area contributed by atoms with Crippen molar-refractivity contribution in [1.29, 1.82) is 0 Å². The molecule has 1 aliphatic rings. The molecular formula is C18H19F3N4O. The first kappa shape index (κ1) is 18.0. The Labute approximate surface area is 149 Å². The number of benzene rings is 1. The minimum Gasteiger partial charge on any atom is -0.432 e. The highest BCUT2D eigenvalue weighted by atomic mass is 19.3. The Morgan fingerprint density at radius 2 is 2.04 bits per heavy atom. The normalized spacial score (nSPS) is 14.1. The molecule has 0 bridgehead atoms. The van der Waals surface area contributed by atoms with Gasteiger partial charge in [-0.1, -0.05) is 0 Å². The van der Waals surface area contributed by atoms with Crippen LogP contribution in [0.5, 0.6) is 5.75 Å². The quantitative estimate of drug-likeness (QED) is 0.800. The number of hydrogen-bond acceptors (Lipinski definition) is 4. The first-order chi connectivity index (χ1) is 12.4. The summed E-state index contributed by atoms with van der Waals surface area (Å²) in [5.74, 6) is -1.33. The second-order valence-electron chi connectivity index (χ2n) is 5.81. The van der Waals surface area contributed by atoms with E-state index >= 15 is 0 Å². The Balaban J connectivity index is 2.00. The molecule has 8 heteroatoms. The first-order valence-corrected chi connectivity index (χ1v) is 8.20. The van der Waals surface area contributed by atoms with Gasteiger partial charge in [0, 0.05) is 35.8 Å². The summed E-state index contributed by atoms with van der Waals surface area (Å²) in [5.41, 5.74) is 4.05. The van der Waals surface area contributed by atoms with E-state index in [0.29, 0.717) is 12.2 Å². The van der Waals surface area contributed by atoms with Crippen molar-refractivity contribution in [1.82, 2.24) is 9.78 Å². The lowest BCUT2D eigenvalue weighted by molar-refractivity contribution is -0.0521. The molecule has 26 heavy (non-hydrogen) atoms. The van der Waals surface area contributed by atoms with Crippen LogP contribution in [0.1, 0.15) is 23.9 Å². The SMILES string of the molecule is CCn1nc(C)c(C2=CN=CCN2c2ccc(OC(F)F)c(F)c2)c1C. The Morgan fingerprint density at radius 3 is 2.65 bits per heavy atom. The number of aliphatic imine (C=N–C) groups is 1. The molecule has 0 fully saturated rings. The van der Waals surface area contributed by atoms with Gasteiger partial charge in [0.2, 0.25) is 0 Å². The third-order valence-electron chi connectivity index (χ3n) is 4.24. The number of rotatable bonds is 5. The molecule has 5 nitrogen and oxygen atoms in total. The van der Waals surface area contributed by atoms with Crippen molar-refractivity contribution in [2.75, 3.05) is 11.4 Å². The summed E-state index contributed by atoms with van der Waals surface area (Å²) in [6, 6.07) is 3.93. The van der Waals surface area contributed by atoms with Crippen molar-refractivity contribution in [3.05, 3.63) is 47.2 Å². The summed E-state index contributed by atoms with van der Waals surface area (Å²) < 4.78 is 44.9. The van der Waals surface area contributed by atoms with Crippen molar-refractivity contribution < 1.29 is 17.9 Å². The summed E-state index contributed by atoms with van der Waals surface area (Å²) in [7, 11) is 0. The fourth-order valence-electron chi connectivity index (χ4n) is 3.09. The van der Waals surface area contributed by atoms with Crippen LogP contribution in [0.25, 0.3) is 5.70 Å². The minimum atomic E-state index is -3.07.